The number of nitrogens with zero attached hydrogens (tertiary/aromatic N) is 5. The van der Waals surface area contributed by atoms with Crippen molar-refractivity contribution in [1.82, 2.24) is 14.8 Å². The molecule has 7 nitrogen and oxygen atoms in total. The van der Waals surface area contributed by atoms with Crippen LogP contribution in [0.1, 0.15) is 6.92 Å². The topological polar surface area (TPSA) is 97.6 Å². The van der Waals surface area contributed by atoms with Gasteiger partial charge in [0.1, 0.15) is 0 Å². The number of non-ortho nitro benzene ring substituents is 1. The maximum absolute atomic E-state index is 10.7. The second kappa shape index (κ2) is 6.87. The van der Waals surface area contributed by atoms with Gasteiger partial charge in [-0.3, -0.25) is 14.7 Å². The molecule has 22 heavy (non-hydrogen) atoms. The Morgan fingerprint density at radius 1 is 1.50 bits per heavy atom. The molecule has 2 aromatic rings. The summed E-state index contributed by atoms with van der Waals surface area (Å²) in [4.78, 5) is 10.3. The molecule has 0 saturated carbocycles. The lowest BCUT2D eigenvalue weighted by Crippen LogP contribution is -2.02. The van der Waals surface area contributed by atoms with E-state index in [1.807, 2.05) is 4.57 Å². The number of aromatic nitrogens is 3. The molecule has 112 valence electrons. The van der Waals surface area contributed by atoms with Crippen LogP contribution in [0.4, 0.5) is 5.69 Å². The molecule has 1 atom stereocenters. The van der Waals surface area contributed by atoms with E-state index >= 15 is 0 Å². The highest BCUT2D eigenvalue weighted by molar-refractivity contribution is 8.00. The Morgan fingerprint density at radius 2 is 2.18 bits per heavy atom. The Morgan fingerprint density at radius 3 is 2.73 bits per heavy atom. The van der Waals surface area contributed by atoms with Crippen molar-refractivity contribution in [3.05, 3.63) is 47.0 Å². The van der Waals surface area contributed by atoms with Crippen molar-refractivity contribution in [2.75, 3.05) is 0 Å². The van der Waals surface area contributed by atoms with Gasteiger partial charge < -0.3 is 0 Å². The molecular weight excluding hydrogens is 302 g/mol. The van der Waals surface area contributed by atoms with E-state index in [0.29, 0.717) is 17.5 Å². The minimum Gasteiger partial charge on any atom is -0.298 e. The molecule has 2 rings (SSSR count). The second-order valence-electron chi connectivity index (χ2n) is 4.40. The molecule has 0 aliphatic carbocycles. The van der Waals surface area contributed by atoms with Gasteiger partial charge in [0.15, 0.2) is 11.0 Å². The SMILES string of the molecule is C=CCn1c(S[C@H](C)C#N)nnc1-c1ccc([N+](=O)[O-])cc1. The number of allylic oxidation sites excluding steroid dienone is 1. The zero-order valence-electron chi connectivity index (χ0n) is 11.8. The normalized spacial score (nSPS) is 11.6. The first-order valence-electron chi connectivity index (χ1n) is 6.42. The summed E-state index contributed by atoms with van der Waals surface area (Å²) < 4.78 is 1.83. The Bertz CT molecular complexity index is 733. The van der Waals surface area contributed by atoms with Crippen LogP contribution >= 0.6 is 11.8 Å². The lowest BCUT2D eigenvalue weighted by Gasteiger charge is -2.08. The first-order valence-corrected chi connectivity index (χ1v) is 7.30. The number of nitro benzene ring substituents is 1. The number of hydrogen-bond donors (Lipinski definition) is 0. The van der Waals surface area contributed by atoms with Gasteiger partial charge in [0.05, 0.1) is 16.2 Å². The van der Waals surface area contributed by atoms with E-state index < -0.39 is 4.92 Å². The van der Waals surface area contributed by atoms with Crippen LogP contribution in [0.25, 0.3) is 11.4 Å². The van der Waals surface area contributed by atoms with Crippen LogP contribution in [-0.4, -0.2) is 24.9 Å². The summed E-state index contributed by atoms with van der Waals surface area (Å²) in [6, 6.07) is 8.24. The molecule has 0 amide bonds. The molecule has 0 radical (unpaired) electrons. The molecule has 0 spiro atoms. The summed E-state index contributed by atoms with van der Waals surface area (Å²) in [7, 11) is 0. The van der Waals surface area contributed by atoms with Gasteiger partial charge in [0.2, 0.25) is 0 Å². The summed E-state index contributed by atoms with van der Waals surface area (Å²) in [5.41, 5.74) is 0.739. The van der Waals surface area contributed by atoms with E-state index in [1.54, 1.807) is 25.1 Å². The van der Waals surface area contributed by atoms with E-state index in [0.717, 1.165) is 5.56 Å². The Kier molecular flexibility index (Phi) is 4.91. The molecule has 0 aliphatic rings. The summed E-state index contributed by atoms with van der Waals surface area (Å²) in [5, 5.41) is 28.2. The van der Waals surface area contributed by atoms with Gasteiger partial charge in [0, 0.05) is 24.2 Å². The third-order valence-electron chi connectivity index (χ3n) is 2.83. The van der Waals surface area contributed by atoms with Gasteiger partial charge in [-0.1, -0.05) is 17.8 Å². The lowest BCUT2D eigenvalue weighted by atomic mass is 10.2. The highest BCUT2D eigenvalue weighted by atomic mass is 32.2. The molecule has 0 bridgehead atoms. The Labute approximate surface area is 131 Å². The average molecular weight is 315 g/mol. The van der Waals surface area contributed by atoms with Crippen LogP contribution in [-0.2, 0) is 6.54 Å². The quantitative estimate of drug-likeness (QED) is 0.352. The summed E-state index contributed by atoms with van der Waals surface area (Å²) >= 11 is 1.31. The van der Waals surface area contributed by atoms with Gasteiger partial charge >= 0.3 is 0 Å². The van der Waals surface area contributed by atoms with E-state index in [-0.39, 0.29) is 10.9 Å². The second-order valence-corrected chi connectivity index (χ2v) is 5.71. The van der Waals surface area contributed by atoms with E-state index in [9.17, 15) is 10.1 Å². The smallest absolute Gasteiger partial charge is 0.269 e. The maximum atomic E-state index is 10.7. The largest absolute Gasteiger partial charge is 0.298 e. The van der Waals surface area contributed by atoms with Gasteiger partial charge in [-0.05, 0) is 19.1 Å². The summed E-state index contributed by atoms with van der Waals surface area (Å²) in [5.74, 6) is 0.586. The first kappa shape index (κ1) is 15.7. The number of thioether (sulfide) groups is 1. The van der Waals surface area contributed by atoms with Crippen molar-refractivity contribution in [2.45, 2.75) is 23.9 Å². The number of benzene rings is 1. The average Bonchev–Trinajstić information content (AvgIpc) is 2.90. The minimum atomic E-state index is -0.450. The third kappa shape index (κ3) is 3.32. The van der Waals surface area contributed by atoms with Crippen LogP contribution in [0.5, 0.6) is 0 Å². The van der Waals surface area contributed by atoms with E-state index in [1.165, 1.54) is 23.9 Å². The van der Waals surface area contributed by atoms with Crippen molar-refractivity contribution in [3.8, 4) is 17.5 Å². The standard InChI is InChI=1S/C14H13N5O2S/c1-3-8-18-13(16-17-14(18)22-10(2)9-15)11-4-6-12(7-5-11)19(20)21/h3-7,10H,1,8H2,2H3/t10-/m1/s1. The van der Waals surface area contributed by atoms with Crippen LogP contribution in [0.3, 0.4) is 0 Å². The lowest BCUT2D eigenvalue weighted by molar-refractivity contribution is -0.384. The Balaban J connectivity index is 2.40. The first-order chi connectivity index (χ1) is 10.6. The molecule has 1 aromatic heterocycles. The fraction of sp³-hybridized carbons (Fsp3) is 0.214. The number of nitro groups is 1. The van der Waals surface area contributed by atoms with Crippen molar-refractivity contribution in [1.29, 1.82) is 5.26 Å². The molecule has 0 N–H and O–H groups in total. The molecule has 1 heterocycles. The molecule has 8 heteroatoms. The van der Waals surface area contributed by atoms with Gasteiger partial charge in [-0.2, -0.15) is 5.26 Å². The van der Waals surface area contributed by atoms with Gasteiger partial charge in [0.25, 0.3) is 5.69 Å². The van der Waals surface area contributed by atoms with Crippen molar-refractivity contribution in [2.24, 2.45) is 0 Å². The fourth-order valence-electron chi connectivity index (χ4n) is 1.80. The molecule has 0 unspecified atom stereocenters. The minimum absolute atomic E-state index is 0.0197. The van der Waals surface area contributed by atoms with Crippen LogP contribution in [0.2, 0.25) is 0 Å². The van der Waals surface area contributed by atoms with Gasteiger partial charge in [-0.25, -0.2) is 0 Å². The number of hydrogen-bond acceptors (Lipinski definition) is 6. The molecule has 1 aromatic carbocycles. The summed E-state index contributed by atoms with van der Waals surface area (Å²) in [6.07, 6.45) is 1.71. The highest BCUT2D eigenvalue weighted by Crippen LogP contribution is 2.27. The van der Waals surface area contributed by atoms with Crippen LogP contribution < -0.4 is 0 Å². The highest BCUT2D eigenvalue weighted by Gasteiger charge is 2.16. The zero-order chi connectivity index (χ0) is 16.1. The predicted molar refractivity (Wildman–Crippen MR) is 83.2 cm³/mol. The van der Waals surface area contributed by atoms with Crippen molar-refractivity contribution in [3.63, 3.8) is 0 Å². The molecule has 0 saturated heterocycles. The molecular formula is C14H13N5O2S. The van der Waals surface area contributed by atoms with Gasteiger partial charge in [-0.15, -0.1) is 16.8 Å². The van der Waals surface area contributed by atoms with E-state index in [2.05, 4.69) is 22.8 Å². The number of nitriles is 1. The maximum Gasteiger partial charge on any atom is 0.269 e. The summed E-state index contributed by atoms with van der Waals surface area (Å²) in [6.45, 7) is 5.97. The van der Waals surface area contributed by atoms with Crippen molar-refractivity contribution >= 4 is 17.4 Å². The Hall–Kier alpha value is -2.66. The fourth-order valence-corrected chi connectivity index (χ4v) is 2.54. The number of rotatable bonds is 6. The van der Waals surface area contributed by atoms with Crippen LogP contribution in [0, 0.1) is 21.4 Å². The van der Waals surface area contributed by atoms with Crippen molar-refractivity contribution < 1.29 is 4.92 Å². The monoisotopic (exact) mass is 315 g/mol. The molecule has 0 fully saturated rings. The third-order valence-corrected chi connectivity index (χ3v) is 3.80. The zero-order valence-corrected chi connectivity index (χ0v) is 12.7. The van der Waals surface area contributed by atoms with Crippen LogP contribution in [0.15, 0.2) is 42.1 Å². The molecule has 0 aliphatic heterocycles. The van der Waals surface area contributed by atoms with E-state index in [4.69, 9.17) is 5.26 Å². The predicted octanol–water partition coefficient (Wildman–Crippen LogP) is 3.04.